The Bertz CT molecular complexity index is 472. The predicted octanol–water partition coefficient (Wildman–Crippen LogP) is 0.319. The normalized spacial score (nSPS) is 14.0. The van der Waals surface area contributed by atoms with Crippen LogP contribution in [0.5, 0.6) is 5.75 Å². The minimum atomic E-state index is -0.423. The van der Waals surface area contributed by atoms with Crippen LogP contribution in [0.15, 0.2) is 24.3 Å². The first-order valence-electron chi connectivity index (χ1n) is 5.93. The zero-order chi connectivity index (χ0) is 15.0. The number of urea groups is 1. The molecule has 1 aliphatic rings. The number of aliphatic hydroxyl groups is 1. The summed E-state index contributed by atoms with van der Waals surface area (Å²) in [5.41, 5.74) is 0.679. The SMILES string of the molecule is CO.O=CCOc1ccc(N2CCC(=O)NC2=O)cc1. The Labute approximate surface area is 116 Å². The second-order valence-electron chi connectivity index (χ2n) is 3.73. The van der Waals surface area contributed by atoms with Gasteiger partial charge in [0.1, 0.15) is 12.4 Å². The molecule has 0 bridgehead atoms. The predicted molar refractivity (Wildman–Crippen MR) is 71.6 cm³/mol. The van der Waals surface area contributed by atoms with Crippen LogP contribution in [-0.2, 0) is 9.59 Å². The maximum Gasteiger partial charge on any atom is 0.328 e. The van der Waals surface area contributed by atoms with E-state index >= 15 is 0 Å². The molecule has 0 aromatic heterocycles. The molecule has 1 heterocycles. The fourth-order valence-corrected chi connectivity index (χ4v) is 1.66. The maximum atomic E-state index is 11.6. The summed E-state index contributed by atoms with van der Waals surface area (Å²) in [5, 5.41) is 9.25. The van der Waals surface area contributed by atoms with Gasteiger partial charge in [0.2, 0.25) is 5.91 Å². The molecule has 0 aliphatic carbocycles. The summed E-state index contributed by atoms with van der Waals surface area (Å²) in [5.74, 6) is 0.293. The van der Waals surface area contributed by atoms with Crippen LogP contribution in [0.3, 0.4) is 0 Å². The van der Waals surface area contributed by atoms with E-state index in [1.807, 2.05) is 0 Å². The number of carbonyl (C=O) groups excluding carboxylic acids is 3. The van der Waals surface area contributed by atoms with Crippen molar-refractivity contribution in [2.24, 2.45) is 0 Å². The van der Waals surface area contributed by atoms with Crippen molar-refractivity contribution in [3.05, 3.63) is 24.3 Å². The Morgan fingerprint density at radius 2 is 1.95 bits per heavy atom. The van der Waals surface area contributed by atoms with E-state index in [-0.39, 0.29) is 18.9 Å². The quantitative estimate of drug-likeness (QED) is 0.774. The summed E-state index contributed by atoms with van der Waals surface area (Å²) in [6, 6.07) is 6.32. The van der Waals surface area contributed by atoms with Crippen LogP contribution in [0.25, 0.3) is 0 Å². The van der Waals surface area contributed by atoms with E-state index in [0.29, 0.717) is 24.3 Å². The lowest BCUT2D eigenvalue weighted by Crippen LogP contribution is -2.49. The lowest BCUT2D eigenvalue weighted by Gasteiger charge is -2.26. The Morgan fingerprint density at radius 3 is 2.50 bits per heavy atom. The molecule has 0 unspecified atom stereocenters. The molecule has 0 atom stereocenters. The Morgan fingerprint density at radius 1 is 1.30 bits per heavy atom. The minimum absolute atomic E-state index is 0.00194. The third-order valence-electron chi connectivity index (χ3n) is 2.52. The van der Waals surface area contributed by atoms with Gasteiger partial charge >= 0.3 is 6.03 Å². The molecule has 2 rings (SSSR count). The number of nitrogens with one attached hydrogen (secondary N) is 1. The van der Waals surface area contributed by atoms with Crippen LogP contribution < -0.4 is 15.0 Å². The topological polar surface area (TPSA) is 95.9 Å². The molecule has 1 aromatic carbocycles. The van der Waals surface area contributed by atoms with E-state index < -0.39 is 6.03 Å². The first-order valence-corrected chi connectivity index (χ1v) is 5.93. The number of amides is 3. The number of carbonyl (C=O) groups is 3. The van der Waals surface area contributed by atoms with Gasteiger partial charge in [-0.05, 0) is 24.3 Å². The lowest BCUT2D eigenvalue weighted by molar-refractivity contribution is -0.120. The van der Waals surface area contributed by atoms with Gasteiger partial charge in [-0.15, -0.1) is 0 Å². The van der Waals surface area contributed by atoms with E-state index in [1.165, 1.54) is 4.90 Å². The summed E-state index contributed by atoms with van der Waals surface area (Å²) in [4.78, 5) is 34.2. The second kappa shape index (κ2) is 7.90. The van der Waals surface area contributed by atoms with Crippen LogP contribution in [0.4, 0.5) is 10.5 Å². The Balaban J connectivity index is 0.000000956. The molecule has 3 amide bonds. The number of benzene rings is 1. The van der Waals surface area contributed by atoms with Crippen molar-refractivity contribution in [3.63, 3.8) is 0 Å². The lowest BCUT2D eigenvalue weighted by atomic mass is 10.2. The molecule has 20 heavy (non-hydrogen) atoms. The van der Waals surface area contributed by atoms with Crippen molar-refractivity contribution >= 4 is 23.9 Å². The molecule has 108 valence electrons. The standard InChI is InChI=1S/C12H12N2O4.CH4O/c15-7-8-18-10-3-1-9(2-4-10)14-6-5-11(16)13-12(14)17;1-2/h1-4,7H,5-6,8H2,(H,13,16,17);2H,1H3. The van der Waals surface area contributed by atoms with Gasteiger partial charge in [-0.2, -0.15) is 0 Å². The first-order chi connectivity index (χ1) is 9.70. The van der Waals surface area contributed by atoms with Crippen LogP contribution in [-0.4, -0.2) is 43.6 Å². The molecule has 7 nitrogen and oxygen atoms in total. The van der Waals surface area contributed by atoms with Gasteiger partial charge in [0.05, 0.1) is 0 Å². The largest absolute Gasteiger partial charge is 0.486 e. The number of aldehydes is 1. The van der Waals surface area contributed by atoms with E-state index in [2.05, 4.69) is 5.32 Å². The fraction of sp³-hybridized carbons (Fsp3) is 0.308. The Hall–Kier alpha value is -2.41. The number of hydrogen-bond acceptors (Lipinski definition) is 5. The highest BCUT2D eigenvalue weighted by Crippen LogP contribution is 2.20. The van der Waals surface area contributed by atoms with Crippen LogP contribution in [0.1, 0.15) is 6.42 Å². The number of aliphatic hydroxyl groups excluding tert-OH is 1. The van der Waals surface area contributed by atoms with Crippen molar-refractivity contribution in [1.82, 2.24) is 5.32 Å². The van der Waals surface area contributed by atoms with Gasteiger partial charge < -0.3 is 9.84 Å². The van der Waals surface area contributed by atoms with Crippen LogP contribution in [0.2, 0.25) is 0 Å². The minimum Gasteiger partial charge on any atom is -0.486 e. The molecule has 1 fully saturated rings. The Kier molecular flexibility index (Phi) is 6.18. The fourth-order valence-electron chi connectivity index (χ4n) is 1.66. The molecule has 1 aliphatic heterocycles. The molecule has 1 saturated heterocycles. The molecule has 0 spiro atoms. The van der Waals surface area contributed by atoms with Gasteiger partial charge in [-0.3, -0.25) is 19.8 Å². The second-order valence-corrected chi connectivity index (χ2v) is 3.73. The van der Waals surface area contributed by atoms with Crippen molar-refractivity contribution in [2.75, 3.05) is 25.2 Å². The molecule has 2 N–H and O–H groups in total. The third-order valence-corrected chi connectivity index (χ3v) is 2.52. The van der Waals surface area contributed by atoms with E-state index in [4.69, 9.17) is 9.84 Å². The smallest absolute Gasteiger partial charge is 0.328 e. The van der Waals surface area contributed by atoms with Crippen molar-refractivity contribution < 1.29 is 24.2 Å². The van der Waals surface area contributed by atoms with Gasteiger partial charge in [-0.1, -0.05) is 0 Å². The third kappa shape index (κ3) is 4.06. The molecular formula is C13H16N2O5. The number of imide groups is 1. The van der Waals surface area contributed by atoms with Gasteiger partial charge in [0.15, 0.2) is 6.29 Å². The van der Waals surface area contributed by atoms with Gasteiger partial charge in [0, 0.05) is 25.8 Å². The molecule has 1 aromatic rings. The maximum absolute atomic E-state index is 11.6. The zero-order valence-electron chi connectivity index (χ0n) is 11.0. The van der Waals surface area contributed by atoms with E-state index in [1.54, 1.807) is 24.3 Å². The van der Waals surface area contributed by atoms with Crippen molar-refractivity contribution in [3.8, 4) is 5.75 Å². The average Bonchev–Trinajstić information content (AvgIpc) is 2.48. The molecule has 0 radical (unpaired) electrons. The highest BCUT2D eigenvalue weighted by Gasteiger charge is 2.23. The van der Waals surface area contributed by atoms with Crippen molar-refractivity contribution in [1.29, 1.82) is 0 Å². The summed E-state index contributed by atoms with van der Waals surface area (Å²) >= 11 is 0. The number of hydrogen-bond donors (Lipinski definition) is 2. The van der Waals surface area contributed by atoms with Crippen LogP contribution >= 0.6 is 0 Å². The van der Waals surface area contributed by atoms with E-state index in [9.17, 15) is 14.4 Å². The molecular weight excluding hydrogens is 264 g/mol. The highest BCUT2D eigenvalue weighted by molar-refractivity contribution is 6.05. The van der Waals surface area contributed by atoms with Crippen LogP contribution in [0, 0.1) is 0 Å². The first kappa shape index (κ1) is 15.6. The summed E-state index contributed by atoms with van der Waals surface area (Å²) < 4.78 is 5.10. The number of rotatable bonds is 4. The summed E-state index contributed by atoms with van der Waals surface area (Å²) in [6.07, 6.45) is 0.951. The molecule has 0 saturated carbocycles. The number of anilines is 1. The van der Waals surface area contributed by atoms with Gasteiger partial charge in [0.25, 0.3) is 0 Å². The highest BCUT2D eigenvalue weighted by atomic mass is 16.5. The number of nitrogens with zero attached hydrogens (tertiary/aromatic N) is 1. The summed E-state index contributed by atoms with van der Waals surface area (Å²) in [6.45, 7) is 0.358. The molecule has 7 heteroatoms. The van der Waals surface area contributed by atoms with E-state index in [0.717, 1.165) is 7.11 Å². The van der Waals surface area contributed by atoms with Crippen molar-refractivity contribution in [2.45, 2.75) is 6.42 Å². The number of ether oxygens (including phenoxy) is 1. The average molecular weight is 280 g/mol. The van der Waals surface area contributed by atoms with Gasteiger partial charge in [-0.25, -0.2) is 4.79 Å². The zero-order valence-corrected chi connectivity index (χ0v) is 11.0. The summed E-state index contributed by atoms with van der Waals surface area (Å²) in [7, 11) is 1.00. The monoisotopic (exact) mass is 280 g/mol.